The van der Waals surface area contributed by atoms with E-state index in [0.717, 1.165) is 32.2 Å². The zero-order chi connectivity index (χ0) is 14.5. The van der Waals surface area contributed by atoms with Gasteiger partial charge in [0.05, 0.1) is 6.07 Å². The van der Waals surface area contributed by atoms with Crippen LogP contribution >= 0.6 is 0 Å². The highest BCUT2D eigenvalue weighted by atomic mass is 16.2. The van der Waals surface area contributed by atoms with Gasteiger partial charge < -0.3 is 4.90 Å². The molecular formula is C16H28N2O. The molecule has 1 rings (SSSR count). The van der Waals surface area contributed by atoms with Crippen molar-refractivity contribution in [2.24, 2.45) is 11.3 Å². The van der Waals surface area contributed by atoms with Crippen LogP contribution in [0.5, 0.6) is 0 Å². The first kappa shape index (κ1) is 16.0. The number of hydrogen-bond acceptors (Lipinski definition) is 2. The first-order valence-electron chi connectivity index (χ1n) is 7.73. The summed E-state index contributed by atoms with van der Waals surface area (Å²) in [6, 6.07) is 2.63. The SMILES string of the molecule is CCCC(C#N)(CCC)C(=O)N1CCC(C)CC1C. The van der Waals surface area contributed by atoms with Crippen LogP contribution in [0.4, 0.5) is 0 Å². The fourth-order valence-electron chi connectivity index (χ4n) is 3.34. The quantitative estimate of drug-likeness (QED) is 0.759. The Morgan fingerprint density at radius 2 is 1.89 bits per heavy atom. The first-order valence-corrected chi connectivity index (χ1v) is 7.73. The molecular weight excluding hydrogens is 236 g/mol. The van der Waals surface area contributed by atoms with Crippen molar-refractivity contribution >= 4 is 5.91 Å². The standard InChI is InChI=1S/C16H28N2O/c1-5-8-16(12-17,9-6-2)15(19)18-10-7-13(3)11-14(18)4/h13-14H,5-11H2,1-4H3. The summed E-state index contributed by atoms with van der Waals surface area (Å²) >= 11 is 0. The van der Waals surface area contributed by atoms with E-state index < -0.39 is 5.41 Å². The van der Waals surface area contributed by atoms with Crippen molar-refractivity contribution in [3.05, 3.63) is 0 Å². The number of rotatable bonds is 5. The highest BCUT2D eigenvalue weighted by molar-refractivity contribution is 5.85. The molecule has 1 fully saturated rings. The Kier molecular flexibility index (Phi) is 5.85. The molecule has 3 nitrogen and oxygen atoms in total. The molecule has 1 saturated heterocycles. The largest absolute Gasteiger partial charge is 0.339 e. The smallest absolute Gasteiger partial charge is 0.243 e. The van der Waals surface area contributed by atoms with Crippen LogP contribution in [0.3, 0.4) is 0 Å². The molecule has 2 unspecified atom stereocenters. The number of hydrogen-bond donors (Lipinski definition) is 0. The average Bonchev–Trinajstić information content (AvgIpc) is 2.37. The van der Waals surface area contributed by atoms with Crippen LogP contribution < -0.4 is 0 Å². The minimum absolute atomic E-state index is 0.0816. The first-order chi connectivity index (χ1) is 9.00. The number of likely N-dealkylation sites (tertiary alicyclic amines) is 1. The van der Waals surface area contributed by atoms with Crippen molar-refractivity contribution in [3.8, 4) is 6.07 Å². The van der Waals surface area contributed by atoms with E-state index in [1.165, 1.54) is 0 Å². The number of piperidine rings is 1. The van der Waals surface area contributed by atoms with Gasteiger partial charge in [-0.3, -0.25) is 4.79 Å². The molecule has 1 amide bonds. The van der Waals surface area contributed by atoms with Crippen molar-refractivity contribution in [1.29, 1.82) is 5.26 Å². The molecule has 0 radical (unpaired) electrons. The van der Waals surface area contributed by atoms with Gasteiger partial charge in [-0.2, -0.15) is 5.26 Å². The van der Waals surface area contributed by atoms with Crippen LogP contribution in [0.25, 0.3) is 0 Å². The third-order valence-corrected chi connectivity index (χ3v) is 4.38. The Morgan fingerprint density at radius 3 is 2.32 bits per heavy atom. The number of carbonyl (C=O) groups is 1. The maximum atomic E-state index is 12.9. The molecule has 3 heteroatoms. The van der Waals surface area contributed by atoms with E-state index in [-0.39, 0.29) is 11.9 Å². The van der Waals surface area contributed by atoms with E-state index in [1.807, 2.05) is 4.90 Å². The summed E-state index contributed by atoms with van der Waals surface area (Å²) in [5.41, 5.74) is -0.779. The van der Waals surface area contributed by atoms with Gasteiger partial charge in [-0.05, 0) is 38.5 Å². The summed E-state index contributed by atoms with van der Waals surface area (Å²) in [4.78, 5) is 14.8. The van der Waals surface area contributed by atoms with Crippen LogP contribution in [-0.2, 0) is 4.79 Å². The topological polar surface area (TPSA) is 44.1 Å². The van der Waals surface area contributed by atoms with Gasteiger partial charge in [0.2, 0.25) is 5.91 Å². The lowest BCUT2D eigenvalue weighted by molar-refractivity contribution is -0.144. The predicted octanol–water partition coefficient (Wildman–Crippen LogP) is 3.74. The summed E-state index contributed by atoms with van der Waals surface area (Å²) in [6.45, 7) is 9.28. The summed E-state index contributed by atoms with van der Waals surface area (Å²) < 4.78 is 0. The fraction of sp³-hybridized carbons (Fsp3) is 0.875. The van der Waals surface area contributed by atoms with Crippen LogP contribution in [-0.4, -0.2) is 23.4 Å². The minimum atomic E-state index is -0.779. The minimum Gasteiger partial charge on any atom is -0.339 e. The Hall–Kier alpha value is -1.04. The molecule has 0 saturated carbocycles. The van der Waals surface area contributed by atoms with Crippen molar-refractivity contribution in [3.63, 3.8) is 0 Å². The van der Waals surface area contributed by atoms with Gasteiger partial charge in [0.1, 0.15) is 5.41 Å². The number of amides is 1. The Bertz CT molecular complexity index is 339. The second kappa shape index (κ2) is 6.93. The molecule has 0 bridgehead atoms. The van der Waals surface area contributed by atoms with Crippen LogP contribution in [0, 0.1) is 22.7 Å². The van der Waals surface area contributed by atoms with Gasteiger partial charge in [-0.1, -0.05) is 33.6 Å². The number of carbonyl (C=O) groups excluding carboxylic acids is 1. The van der Waals surface area contributed by atoms with Gasteiger partial charge in [-0.15, -0.1) is 0 Å². The zero-order valence-electron chi connectivity index (χ0n) is 12.9. The van der Waals surface area contributed by atoms with Crippen LogP contribution in [0.15, 0.2) is 0 Å². The van der Waals surface area contributed by atoms with Gasteiger partial charge in [0.25, 0.3) is 0 Å². The van der Waals surface area contributed by atoms with E-state index in [0.29, 0.717) is 18.8 Å². The predicted molar refractivity (Wildman–Crippen MR) is 77.4 cm³/mol. The van der Waals surface area contributed by atoms with Gasteiger partial charge >= 0.3 is 0 Å². The van der Waals surface area contributed by atoms with E-state index in [1.54, 1.807) is 0 Å². The van der Waals surface area contributed by atoms with E-state index in [4.69, 9.17) is 0 Å². The normalized spacial score (nSPS) is 24.1. The van der Waals surface area contributed by atoms with Gasteiger partial charge in [0, 0.05) is 12.6 Å². The summed E-state index contributed by atoms with van der Waals surface area (Å²) in [5.74, 6) is 0.769. The maximum absolute atomic E-state index is 12.9. The van der Waals surface area contributed by atoms with E-state index in [9.17, 15) is 10.1 Å². The highest BCUT2D eigenvalue weighted by Gasteiger charge is 2.42. The second-order valence-corrected chi connectivity index (χ2v) is 6.17. The average molecular weight is 264 g/mol. The van der Waals surface area contributed by atoms with Crippen molar-refractivity contribution in [2.75, 3.05) is 6.54 Å². The lowest BCUT2D eigenvalue weighted by Gasteiger charge is -2.40. The van der Waals surface area contributed by atoms with Crippen LogP contribution in [0.2, 0.25) is 0 Å². The van der Waals surface area contributed by atoms with E-state index >= 15 is 0 Å². The lowest BCUT2D eigenvalue weighted by Crippen LogP contribution is -2.50. The fourth-order valence-corrected chi connectivity index (χ4v) is 3.34. The second-order valence-electron chi connectivity index (χ2n) is 6.17. The molecule has 0 aliphatic carbocycles. The van der Waals surface area contributed by atoms with Gasteiger partial charge in [0.15, 0.2) is 0 Å². The molecule has 0 aromatic carbocycles. The molecule has 108 valence electrons. The van der Waals surface area contributed by atoms with Gasteiger partial charge in [-0.25, -0.2) is 0 Å². The molecule has 1 heterocycles. The summed E-state index contributed by atoms with van der Waals surface area (Å²) in [5, 5.41) is 9.58. The third-order valence-electron chi connectivity index (χ3n) is 4.38. The molecule has 0 spiro atoms. The lowest BCUT2D eigenvalue weighted by atomic mass is 9.78. The maximum Gasteiger partial charge on any atom is 0.243 e. The Morgan fingerprint density at radius 1 is 1.32 bits per heavy atom. The molecule has 2 atom stereocenters. The molecule has 0 aromatic heterocycles. The van der Waals surface area contributed by atoms with Crippen molar-refractivity contribution in [2.45, 2.75) is 72.3 Å². The Balaban J connectivity index is 2.90. The molecule has 0 N–H and O–H groups in total. The number of nitrogens with zero attached hydrogens (tertiary/aromatic N) is 2. The number of nitriles is 1. The summed E-state index contributed by atoms with van der Waals surface area (Å²) in [7, 11) is 0. The molecule has 19 heavy (non-hydrogen) atoms. The summed E-state index contributed by atoms with van der Waals surface area (Å²) in [6.07, 6.45) is 5.28. The zero-order valence-corrected chi connectivity index (χ0v) is 12.9. The molecule has 0 aromatic rings. The monoisotopic (exact) mass is 264 g/mol. The van der Waals surface area contributed by atoms with E-state index in [2.05, 4.69) is 33.8 Å². The molecule has 1 aliphatic heterocycles. The Labute approximate surface area is 118 Å². The highest BCUT2D eigenvalue weighted by Crippen LogP contribution is 2.34. The van der Waals surface area contributed by atoms with Crippen molar-refractivity contribution < 1.29 is 4.79 Å². The third kappa shape index (κ3) is 3.49. The van der Waals surface area contributed by atoms with Crippen LogP contribution in [0.1, 0.15) is 66.2 Å². The van der Waals surface area contributed by atoms with Crippen molar-refractivity contribution in [1.82, 2.24) is 4.90 Å². The molecule has 1 aliphatic rings.